The van der Waals surface area contributed by atoms with Crippen molar-refractivity contribution < 1.29 is 19.3 Å². The predicted molar refractivity (Wildman–Crippen MR) is 112 cm³/mol. The summed E-state index contributed by atoms with van der Waals surface area (Å²) in [6.45, 7) is 7.43. The second kappa shape index (κ2) is 9.11. The first kappa shape index (κ1) is 22.2. The quantitative estimate of drug-likeness (QED) is 0.697. The van der Waals surface area contributed by atoms with Gasteiger partial charge in [-0.3, -0.25) is 0 Å². The minimum Gasteiger partial charge on any atom is -0.383 e. The van der Waals surface area contributed by atoms with Crippen LogP contribution >= 0.6 is 23.2 Å². The van der Waals surface area contributed by atoms with Gasteiger partial charge in [-0.15, -0.1) is 0 Å². The fraction of sp³-hybridized carbons (Fsp3) is 0.421. The standard InChI is InChI=1S/C19H22Cl2N5O4/c1-19(2,3)30-26(28)15-11-23-16(12-4-5-13(20)14(21)10-12)24-17(15)29-18(27)25-8-6-22-7-9-25/h4-5,10-11,22H,6-9H2,1-3H3/q+1. The Morgan fingerprint density at radius 2 is 1.90 bits per heavy atom. The SMILES string of the molecule is CC(C)(C)O[N+](=O)c1cnc(-c2ccc(Cl)c(Cl)c2)nc1OC(=O)N1CCNCC1. The van der Waals surface area contributed by atoms with Crippen LogP contribution in [0.15, 0.2) is 24.4 Å². The second-order valence-corrected chi connectivity index (χ2v) is 8.39. The molecular formula is C19H22Cl2N5O4+. The Balaban J connectivity index is 1.96. The average Bonchev–Trinajstić information content (AvgIpc) is 2.69. The van der Waals surface area contributed by atoms with E-state index in [1.807, 2.05) is 0 Å². The third kappa shape index (κ3) is 5.56. The number of piperazine rings is 1. The molecule has 0 unspecified atom stereocenters. The van der Waals surface area contributed by atoms with Crippen molar-refractivity contribution in [1.82, 2.24) is 20.2 Å². The Labute approximate surface area is 183 Å². The van der Waals surface area contributed by atoms with Gasteiger partial charge in [0, 0.05) is 31.7 Å². The second-order valence-electron chi connectivity index (χ2n) is 7.58. The number of benzene rings is 1. The highest BCUT2D eigenvalue weighted by Crippen LogP contribution is 2.31. The monoisotopic (exact) mass is 454 g/mol. The molecule has 0 aliphatic carbocycles. The predicted octanol–water partition coefficient (Wildman–Crippen LogP) is 3.99. The molecule has 9 nitrogen and oxygen atoms in total. The lowest BCUT2D eigenvalue weighted by atomic mass is 10.2. The zero-order chi connectivity index (χ0) is 21.9. The highest BCUT2D eigenvalue weighted by atomic mass is 35.5. The molecule has 3 rings (SSSR count). The first-order chi connectivity index (χ1) is 14.1. The molecule has 1 aliphatic heterocycles. The van der Waals surface area contributed by atoms with E-state index in [4.69, 9.17) is 32.8 Å². The molecule has 1 aliphatic rings. The Kier molecular flexibility index (Phi) is 6.74. The van der Waals surface area contributed by atoms with Crippen LogP contribution in [-0.4, -0.2) is 57.7 Å². The van der Waals surface area contributed by atoms with Crippen molar-refractivity contribution in [2.75, 3.05) is 26.2 Å². The van der Waals surface area contributed by atoms with E-state index < -0.39 is 11.7 Å². The third-order valence-electron chi connectivity index (χ3n) is 4.03. The Morgan fingerprint density at radius 1 is 1.20 bits per heavy atom. The molecule has 0 spiro atoms. The number of hydrogen-bond acceptors (Lipinski definition) is 7. The van der Waals surface area contributed by atoms with Crippen LogP contribution in [0.3, 0.4) is 0 Å². The molecule has 30 heavy (non-hydrogen) atoms. The number of nitrogens with zero attached hydrogens (tertiary/aromatic N) is 4. The minimum absolute atomic E-state index is 0.128. The number of carbonyl (C=O) groups is 1. The number of aromatic nitrogens is 2. The van der Waals surface area contributed by atoms with Crippen LogP contribution in [0.25, 0.3) is 11.4 Å². The zero-order valence-corrected chi connectivity index (χ0v) is 18.3. The van der Waals surface area contributed by atoms with Crippen molar-refractivity contribution in [2.24, 2.45) is 0 Å². The summed E-state index contributed by atoms with van der Waals surface area (Å²) in [5.74, 6) is -0.00144. The topological polar surface area (TPSA) is 96.7 Å². The summed E-state index contributed by atoms with van der Waals surface area (Å²) in [5.41, 5.74) is -0.356. The smallest absolute Gasteiger partial charge is 0.383 e. The summed E-state index contributed by atoms with van der Waals surface area (Å²) in [6, 6.07) is 4.86. The molecule has 0 atom stereocenters. The minimum atomic E-state index is -0.774. The summed E-state index contributed by atoms with van der Waals surface area (Å²) in [4.78, 5) is 40.7. The third-order valence-corrected chi connectivity index (χ3v) is 4.77. The van der Waals surface area contributed by atoms with Crippen molar-refractivity contribution in [3.8, 4) is 17.3 Å². The van der Waals surface area contributed by atoms with Gasteiger partial charge in [0.1, 0.15) is 6.20 Å². The summed E-state index contributed by atoms with van der Waals surface area (Å²) in [7, 11) is 0. The lowest BCUT2D eigenvalue weighted by molar-refractivity contribution is -0.766. The van der Waals surface area contributed by atoms with E-state index in [1.54, 1.807) is 39.0 Å². The van der Waals surface area contributed by atoms with Gasteiger partial charge in [-0.1, -0.05) is 23.2 Å². The van der Waals surface area contributed by atoms with E-state index in [9.17, 15) is 9.70 Å². The Hall–Kier alpha value is -2.49. The molecule has 0 bridgehead atoms. The van der Waals surface area contributed by atoms with Crippen LogP contribution in [0.2, 0.25) is 10.0 Å². The van der Waals surface area contributed by atoms with E-state index >= 15 is 0 Å². The van der Waals surface area contributed by atoms with Crippen LogP contribution in [0.1, 0.15) is 20.8 Å². The number of nitrogens with one attached hydrogen (secondary N) is 1. The molecule has 160 valence electrons. The number of amides is 1. The molecule has 1 aromatic carbocycles. The van der Waals surface area contributed by atoms with Crippen molar-refractivity contribution in [1.29, 1.82) is 0 Å². The number of ether oxygens (including phenoxy) is 1. The molecule has 11 heteroatoms. The maximum absolute atomic E-state index is 12.6. The number of hydrogen-bond donors (Lipinski definition) is 1. The van der Waals surface area contributed by atoms with Crippen molar-refractivity contribution in [3.63, 3.8) is 0 Å². The van der Waals surface area contributed by atoms with E-state index in [0.29, 0.717) is 41.8 Å². The number of carbonyl (C=O) groups excluding carboxylic acids is 1. The normalized spacial score (nSPS) is 14.4. The summed E-state index contributed by atoms with van der Waals surface area (Å²) < 4.78 is 5.46. The van der Waals surface area contributed by atoms with Gasteiger partial charge in [0.2, 0.25) is 0 Å². The molecule has 0 saturated carbocycles. The van der Waals surface area contributed by atoms with Crippen LogP contribution in [0, 0.1) is 4.91 Å². The van der Waals surface area contributed by atoms with Gasteiger partial charge >= 0.3 is 17.7 Å². The molecule has 2 heterocycles. The van der Waals surface area contributed by atoms with Gasteiger partial charge in [0.15, 0.2) is 11.4 Å². The van der Waals surface area contributed by atoms with Gasteiger partial charge in [-0.25, -0.2) is 14.6 Å². The molecule has 1 fully saturated rings. The zero-order valence-electron chi connectivity index (χ0n) is 16.8. The van der Waals surface area contributed by atoms with Crippen LogP contribution in [0.4, 0.5) is 10.5 Å². The van der Waals surface area contributed by atoms with E-state index in [2.05, 4.69) is 15.3 Å². The van der Waals surface area contributed by atoms with Gasteiger partial charge in [0.05, 0.1) is 15.0 Å². The van der Waals surface area contributed by atoms with Crippen molar-refractivity contribution in [3.05, 3.63) is 39.3 Å². The summed E-state index contributed by atoms with van der Waals surface area (Å²) in [5, 5.41) is 3.86. The maximum atomic E-state index is 12.6. The van der Waals surface area contributed by atoms with Crippen molar-refractivity contribution in [2.45, 2.75) is 26.4 Å². The molecular weight excluding hydrogens is 433 g/mol. The fourth-order valence-corrected chi connectivity index (χ4v) is 2.93. The van der Waals surface area contributed by atoms with E-state index in [-0.39, 0.29) is 22.3 Å². The van der Waals surface area contributed by atoms with E-state index in [0.717, 1.165) is 0 Å². The number of rotatable bonds is 4. The molecule has 2 aromatic rings. The number of halogens is 2. The first-order valence-corrected chi connectivity index (χ1v) is 10.1. The Bertz CT molecular complexity index is 958. The molecule has 1 aromatic heterocycles. The van der Waals surface area contributed by atoms with E-state index in [1.165, 1.54) is 11.1 Å². The highest BCUT2D eigenvalue weighted by molar-refractivity contribution is 6.42. The Morgan fingerprint density at radius 3 is 2.53 bits per heavy atom. The van der Waals surface area contributed by atoms with Gasteiger partial charge < -0.3 is 15.0 Å². The molecule has 1 saturated heterocycles. The molecule has 0 radical (unpaired) electrons. The lowest BCUT2D eigenvalue weighted by Crippen LogP contribution is -2.47. The largest absolute Gasteiger partial charge is 0.416 e. The molecule has 1 amide bonds. The van der Waals surface area contributed by atoms with Crippen molar-refractivity contribution >= 4 is 35.0 Å². The molecule has 1 N–H and O–H groups in total. The summed E-state index contributed by atoms with van der Waals surface area (Å²) in [6.07, 6.45) is 0.630. The maximum Gasteiger partial charge on any atom is 0.416 e. The van der Waals surface area contributed by atoms with Crippen LogP contribution < -0.4 is 10.1 Å². The van der Waals surface area contributed by atoms with Gasteiger partial charge in [0.25, 0.3) is 4.92 Å². The summed E-state index contributed by atoms with van der Waals surface area (Å²) >= 11 is 12.0. The first-order valence-electron chi connectivity index (χ1n) is 9.30. The fourth-order valence-electron chi connectivity index (χ4n) is 2.63. The lowest BCUT2D eigenvalue weighted by Gasteiger charge is -2.26. The highest BCUT2D eigenvalue weighted by Gasteiger charge is 2.34. The van der Waals surface area contributed by atoms with Gasteiger partial charge in [-0.05, 0) is 39.0 Å². The van der Waals surface area contributed by atoms with Crippen LogP contribution in [-0.2, 0) is 4.84 Å². The van der Waals surface area contributed by atoms with Gasteiger partial charge in [-0.2, -0.15) is 4.98 Å². The average molecular weight is 455 g/mol. The van der Waals surface area contributed by atoms with Crippen LogP contribution in [0.5, 0.6) is 5.88 Å².